The largest absolute Gasteiger partial charge is 0.464 e. The predicted molar refractivity (Wildman–Crippen MR) is 87.9 cm³/mol. The van der Waals surface area contributed by atoms with Crippen LogP contribution in [0.2, 0.25) is 0 Å². The van der Waals surface area contributed by atoms with Gasteiger partial charge in [-0.3, -0.25) is 0 Å². The van der Waals surface area contributed by atoms with E-state index in [1.165, 1.54) is 19.3 Å². The van der Waals surface area contributed by atoms with Gasteiger partial charge >= 0.3 is 5.97 Å². The fourth-order valence-electron chi connectivity index (χ4n) is 2.86. The number of carbonyl (C=O) groups is 1. The zero-order valence-electron chi connectivity index (χ0n) is 15.2. The third-order valence-corrected chi connectivity index (χ3v) is 4.78. The van der Waals surface area contributed by atoms with Crippen molar-refractivity contribution >= 4 is 5.97 Å². The van der Waals surface area contributed by atoms with Gasteiger partial charge in [-0.2, -0.15) is 0 Å². The summed E-state index contributed by atoms with van der Waals surface area (Å²) < 4.78 is 16.0. The van der Waals surface area contributed by atoms with E-state index in [4.69, 9.17) is 14.2 Å². The molecule has 0 spiro atoms. The Labute approximate surface area is 135 Å². The van der Waals surface area contributed by atoms with Gasteiger partial charge in [-0.15, -0.1) is 0 Å². The second-order valence-electron chi connectivity index (χ2n) is 7.42. The molecule has 4 nitrogen and oxygen atoms in total. The normalized spacial score (nSPS) is 25.8. The summed E-state index contributed by atoms with van der Waals surface area (Å²) in [6, 6.07) is 0. The zero-order chi connectivity index (χ0) is 16.8. The first-order valence-corrected chi connectivity index (χ1v) is 8.63. The van der Waals surface area contributed by atoms with Gasteiger partial charge in [0.1, 0.15) is 5.60 Å². The minimum absolute atomic E-state index is 0.0120. The topological polar surface area (TPSA) is 48.1 Å². The summed E-state index contributed by atoms with van der Waals surface area (Å²) in [6.45, 7) is 10.8. The Balaban J connectivity index is 2.13. The molecule has 0 N–H and O–H groups in total. The maximum Gasteiger partial charge on any atom is 0.338 e. The first-order valence-electron chi connectivity index (χ1n) is 8.63. The molecule has 4 heteroatoms. The third-order valence-electron chi connectivity index (χ3n) is 4.78. The van der Waals surface area contributed by atoms with Crippen molar-refractivity contribution < 1.29 is 19.0 Å². The summed E-state index contributed by atoms with van der Waals surface area (Å²) in [6.07, 6.45) is 6.39. The average Bonchev–Trinajstić information content (AvgIpc) is 3.11. The Morgan fingerprint density at radius 2 is 1.95 bits per heavy atom. The van der Waals surface area contributed by atoms with Gasteiger partial charge in [-0.05, 0) is 46.5 Å². The molecule has 3 atom stereocenters. The lowest BCUT2D eigenvalue weighted by molar-refractivity contribution is -0.144. The number of methoxy groups -OCH3 is 1. The summed E-state index contributed by atoms with van der Waals surface area (Å²) in [7, 11) is 1.78. The van der Waals surface area contributed by atoms with Crippen LogP contribution in [0.4, 0.5) is 0 Å². The van der Waals surface area contributed by atoms with Crippen LogP contribution in [0, 0.1) is 5.92 Å². The summed E-state index contributed by atoms with van der Waals surface area (Å²) in [5.74, 6) is 0.496. The van der Waals surface area contributed by atoms with E-state index in [0.29, 0.717) is 12.5 Å². The van der Waals surface area contributed by atoms with Gasteiger partial charge in [0.25, 0.3) is 0 Å². The van der Waals surface area contributed by atoms with Crippen LogP contribution in [0.25, 0.3) is 0 Å². The van der Waals surface area contributed by atoms with Crippen LogP contribution >= 0.6 is 0 Å². The van der Waals surface area contributed by atoms with Gasteiger partial charge in [-0.25, -0.2) is 4.79 Å². The molecule has 1 aliphatic rings. The van der Waals surface area contributed by atoms with Crippen LogP contribution in [0.15, 0.2) is 0 Å². The molecule has 0 aromatic heterocycles. The third kappa shape index (κ3) is 6.25. The van der Waals surface area contributed by atoms with Crippen molar-refractivity contribution in [1.82, 2.24) is 0 Å². The molecule has 0 aromatic carbocycles. The average molecular weight is 314 g/mol. The molecular formula is C18H34O4. The number of esters is 1. The Kier molecular flexibility index (Phi) is 7.33. The van der Waals surface area contributed by atoms with Crippen LogP contribution in [0.3, 0.4) is 0 Å². The summed E-state index contributed by atoms with van der Waals surface area (Å²) in [4.78, 5) is 11.6. The van der Waals surface area contributed by atoms with Gasteiger partial charge in [0, 0.05) is 7.11 Å². The van der Waals surface area contributed by atoms with Crippen LogP contribution in [0.1, 0.15) is 73.1 Å². The molecule has 1 aliphatic heterocycles. The molecule has 1 fully saturated rings. The molecule has 0 bridgehead atoms. The van der Waals surface area contributed by atoms with Crippen molar-refractivity contribution in [3.8, 4) is 0 Å². The first-order chi connectivity index (χ1) is 10.2. The summed E-state index contributed by atoms with van der Waals surface area (Å²) in [5, 5.41) is 0. The lowest BCUT2D eigenvalue weighted by Gasteiger charge is -2.23. The molecule has 0 radical (unpaired) electrons. The van der Waals surface area contributed by atoms with Gasteiger partial charge in [-0.1, -0.05) is 32.6 Å². The van der Waals surface area contributed by atoms with E-state index < -0.39 is 0 Å². The van der Waals surface area contributed by atoms with E-state index >= 15 is 0 Å². The highest BCUT2D eigenvalue weighted by molar-refractivity contribution is 5.79. The molecule has 1 heterocycles. The summed E-state index contributed by atoms with van der Waals surface area (Å²) >= 11 is 0. The Morgan fingerprint density at radius 1 is 1.32 bits per heavy atom. The highest BCUT2D eigenvalue weighted by Crippen LogP contribution is 2.41. The molecule has 0 aliphatic carbocycles. The molecule has 1 rings (SSSR count). The predicted octanol–water partition coefficient (Wildman–Crippen LogP) is 4.11. The van der Waals surface area contributed by atoms with E-state index in [0.717, 1.165) is 19.3 Å². The van der Waals surface area contributed by atoms with Gasteiger partial charge in [0.2, 0.25) is 0 Å². The van der Waals surface area contributed by atoms with E-state index in [1.54, 1.807) is 7.11 Å². The second kappa shape index (κ2) is 8.30. The number of hydrogen-bond acceptors (Lipinski definition) is 4. The minimum Gasteiger partial charge on any atom is -0.464 e. The smallest absolute Gasteiger partial charge is 0.338 e. The van der Waals surface area contributed by atoms with Gasteiger partial charge in [0.15, 0.2) is 6.10 Å². The zero-order valence-corrected chi connectivity index (χ0v) is 15.2. The second-order valence-corrected chi connectivity index (χ2v) is 7.42. The van der Waals surface area contributed by atoms with Gasteiger partial charge in [0.05, 0.1) is 12.2 Å². The lowest BCUT2D eigenvalue weighted by atomic mass is 9.91. The van der Waals surface area contributed by atoms with Crippen molar-refractivity contribution in [1.29, 1.82) is 0 Å². The number of hydrogen-bond donors (Lipinski definition) is 0. The Morgan fingerprint density at radius 3 is 2.55 bits per heavy atom. The molecule has 0 amide bonds. The Hall–Kier alpha value is -0.610. The summed E-state index contributed by atoms with van der Waals surface area (Å²) in [5.41, 5.74) is -0.300. The van der Waals surface area contributed by atoms with Crippen LogP contribution in [-0.2, 0) is 19.0 Å². The van der Waals surface area contributed by atoms with Crippen LogP contribution < -0.4 is 0 Å². The van der Waals surface area contributed by atoms with Gasteiger partial charge < -0.3 is 14.2 Å². The molecule has 130 valence electrons. The lowest BCUT2D eigenvalue weighted by Crippen LogP contribution is -2.22. The first kappa shape index (κ1) is 19.4. The van der Waals surface area contributed by atoms with Crippen molar-refractivity contribution in [3.63, 3.8) is 0 Å². The Bertz CT molecular complexity index is 353. The number of ether oxygens (including phenoxy) is 3. The van der Waals surface area contributed by atoms with Crippen molar-refractivity contribution in [2.45, 2.75) is 90.4 Å². The molecular weight excluding hydrogens is 280 g/mol. The van der Waals surface area contributed by atoms with Crippen molar-refractivity contribution in [3.05, 3.63) is 0 Å². The fourth-order valence-corrected chi connectivity index (χ4v) is 2.86. The quantitative estimate of drug-likeness (QED) is 0.425. The van der Waals surface area contributed by atoms with Crippen molar-refractivity contribution in [2.24, 2.45) is 5.92 Å². The fraction of sp³-hybridized carbons (Fsp3) is 0.944. The number of epoxide rings is 1. The molecule has 0 saturated carbocycles. The maximum atomic E-state index is 11.6. The van der Waals surface area contributed by atoms with E-state index in [2.05, 4.69) is 20.8 Å². The van der Waals surface area contributed by atoms with E-state index in [-0.39, 0.29) is 23.3 Å². The highest BCUT2D eigenvalue weighted by Gasteiger charge is 2.57. The minimum atomic E-state index is -0.342. The monoisotopic (exact) mass is 314 g/mol. The van der Waals surface area contributed by atoms with Crippen molar-refractivity contribution in [2.75, 3.05) is 13.7 Å². The number of rotatable bonds is 11. The molecule has 0 aromatic rings. The van der Waals surface area contributed by atoms with E-state index in [9.17, 15) is 4.79 Å². The standard InChI is InChI=1S/C18H34O4/c1-7-21-16(19)15-18(5,22-15)13-9-11-14(2)10-8-12-17(3,4)20-6/h14-15H,7-13H2,1-6H3/t14?,15-,18-/m0/s1. The highest BCUT2D eigenvalue weighted by atomic mass is 16.7. The van der Waals surface area contributed by atoms with Crippen LogP contribution in [0.5, 0.6) is 0 Å². The molecule has 22 heavy (non-hydrogen) atoms. The SMILES string of the molecule is CCOC(=O)[C@@H]1O[C@@]1(C)CCCC(C)CCCC(C)(C)OC. The molecule has 1 unspecified atom stereocenters. The maximum absolute atomic E-state index is 11.6. The molecule has 1 saturated heterocycles. The number of carbonyl (C=O) groups excluding carboxylic acids is 1. The van der Waals surface area contributed by atoms with E-state index in [1.807, 2.05) is 13.8 Å². The van der Waals surface area contributed by atoms with Crippen LogP contribution in [-0.4, -0.2) is 37.0 Å².